The molecule has 2 unspecified atom stereocenters. The minimum atomic E-state index is -0.848. The molecule has 0 aliphatic carbocycles. The van der Waals surface area contributed by atoms with Gasteiger partial charge in [0, 0.05) is 26.2 Å². The number of likely N-dealkylation sites (N-methyl/N-ethyl adjacent to an activating group) is 1. The topological polar surface area (TPSA) is 124 Å². The first kappa shape index (κ1) is 29.1. The van der Waals surface area contributed by atoms with Gasteiger partial charge >= 0.3 is 5.69 Å². The molecular weight excluding hydrogens is 514 g/mol. The molecule has 0 amide bonds. The molecule has 0 saturated heterocycles. The average Bonchev–Trinajstić information content (AvgIpc) is 3.35. The summed E-state index contributed by atoms with van der Waals surface area (Å²) in [5.74, 6) is 1.13. The zero-order chi connectivity index (χ0) is 28.6. The van der Waals surface area contributed by atoms with E-state index >= 15 is 0 Å². The van der Waals surface area contributed by atoms with E-state index in [1.165, 1.54) is 15.5 Å². The number of imidazole rings is 1. The van der Waals surface area contributed by atoms with Crippen molar-refractivity contribution in [2.75, 3.05) is 26.7 Å². The molecule has 2 aromatic carbocycles. The minimum Gasteiger partial charge on any atom is -0.487 e. The van der Waals surface area contributed by atoms with E-state index in [0.29, 0.717) is 30.3 Å². The van der Waals surface area contributed by atoms with Gasteiger partial charge in [-0.3, -0.25) is 13.9 Å². The van der Waals surface area contributed by atoms with Crippen LogP contribution in [-0.2, 0) is 26.2 Å². The van der Waals surface area contributed by atoms with Crippen LogP contribution in [0.1, 0.15) is 19.4 Å². The number of ether oxygens (including phenoxy) is 2. The summed E-state index contributed by atoms with van der Waals surface area (Å²) >= 11 is 0. The summed E-state index contributed by atoms with van der Waals surface area (Å²) < 4.78 is 16.0. The normalized spacial score (nSPS) is 13.1. The largest absolute Gasteiger partial charge is 0.487 e. The smallest absolute Gasteiger partial charge is 0.332 e. The Bertz CT molecular complexity index is 1510. The van der Waals surface area contributed by atoms with Crippen LogP contribution in [0.4, 0.5) is 0 Å². The summed E-state index contributed by atoms with van der Waals surface area (Å²) in [6, 6.07) is 17.1. The molecule has 2 heterocycles. The van der Waals surface area contributed by atoms with Crippen LogP contribution in [0.5, 0.6) is 11.5 Å². The van der Waals surface area contributed by atoms with Gasteiger partial charge in [-0.05, 0) is 38.6 Å². The Morgan fingerprint density at radius 2 is 1.50 bits per heavy atom. The third-order valence-electron chi connectivity index (χ3n) is 6.59. The van der Waals surface area contributed by atoms with Gasteiger partial charge in [0.05, 0.1) is 19.0 Å². The number of hydrogen-bond donors (Lipinski definition) is 2. The summed E-state index contributed by atoms with van der Waals surface area (Å²) in [6.07, 6.45) is -0.191. The van der Waals surface area contributed by atoms with Gasteiger partial charge in [-0.15, -0.1) is 0 Å². The van der Waals surface area contributed by atoms with Crippen LogP contribution in [0.2, 0.25) is 0 Å². The number of aliphatic hydroxyl groups excluding tert-OH is 2. The van der Waals surface area contributed by atoms with E-state index in [1.54, 1.807) is 29.5 Å². The van der Waals surface area contributed by atoms with Crippen molar-refractivity contribution in [3.8, 4) is 11.5 Å². The number of nitrogens with zero attached hydrogens (tertiary/aromatic N) is 5. The van der Waals surface area contributed by atoms with Crippen LogP contribution in [0, 0.1) is 0 Å². The Kier molecular flexibility index (Phi) is 9.75. The lowest BCUT2D eigenvalue weighted by molar-refractivity contribution is 0.0515. The zero-order valence-electron chi connectivity index (χ0n) is 23.1. The molecule has 0 saturated carbocycles. The highest BCUT2D eigenvalue weighted by molar-refractivity contribution is 5.70. The van der Waals surface area contributed by atoms with E-state index in [1.807, 2.05) is 55.5 Å². The van der Waals surface area contributed by atoms with Gasteiger partial charge in [0.1, 0.15) is 19.3 Å². The Morgan fingerprint density at radius 3 is 2.17 bits per heavy atom. The van der Waals surface area contributed by atoms with Crippen molar-refractivity contribution in [1.82, 2.24) is 23.6 Å². The monoisotopic (exact) mass is 551 g/mol. The molecule has 0 fully saturated rings. The number of hydrogen-bond acceptors (Lipinski definition) is 8. The number of para-hydroxylation sites is 2. The Labute approximate surface area is 232 Å². The average molecular weight is 552 g/mol. The molecule has 0 spiro atoms. The fourth-order valence-corrected chi connectivity index (χ4v) is 4.68. The van der Waals surface area contributed by atoms with Crippen molar-refractivity contribution in [2.45, 2.75) is 52.3 Å². The zero-order valence-corrected chi connectivity index (χ0v) is 23.1. The third-order valence-corrected chi connectivity index (χ3v) is 6.59. The van der Waals surface area contributed by atoms with Crippen LogP contribution < -0.4 is 20.7 Å². The standard InChI is InChI=1S/C29H37N5O6/c1-4-33-27-26(28(37)34(5-2)29(33)38)32(20-30-27)17-22(35)15-31(3)16-23(36)19-40-25-14-10-9-13-24(25)39-18-21-11-7-6-8-12-21/h6-14,20,22-23,35-36H,4-5,15-19H2,1-3H3. The molecule has 214 valence electrons. The van der Waals surface area contributed by atoms with Crippen molar-refractivity contribution in [3.05, 3.63) is 87.3 Å². The number of benzene rings is 2. The lowest BCUT2D eigenvalue weighted by Crippen LogP contribution is -2.41. The van der Waals surface area contributed by atoms with Gasteiger partial charge in [0.2, 0.25) is 0 Å². The van der Waals surface area contributed by atoms with Crippen molar-refractivity contribution < 1.29 is 19.7 Å². The molecule has 0 aliphatic rings. The van der Waals surface area contributed by atoms with Crippen molar-refractivity contribution in [3.63, 3.8) is 0 Å². The SMILES string of the molecule is CCn1c(=O)c2c(ncn2CC(O)CN(C)CC(O)COc2ccccc2OCc2ccccc2)n(CC)c1=O. The molecule has 40 heavy (non-hydrogen) atoms. The lowest BCUT2D eigenvalue weighted by atomic mass is 10.2. The molecule has 2 N–H and O–H groups in total. The van der Waals surface area contributed by atoms with Crippen LogP contribution in [-0.4, -0.2) is 72.8 Å². The van der Waals surface area contributed by atoms with Gasteiger partial charge in [-0.2, -0.15) is 0 Å². The highest BCUT2D eigenvalue weighted by Gasteiger charge is 2.19. The fraction of sp³-hybridized carbons (Fsp3) is 0.414. The van der Waals surface area contributed by atoms with E-state index < -0.39 is 23.5 Å². The maximum Gasteiger partial charge on any atom is 0.332 e. The number of rotatable bonds is 14. The number of aryl methyl sites for hydroxylation is 1. The van der Waals surface area contributed by atoms with Gasteiger partial charge < -0.3 is 29.2 Å². The van der Waals surface area contributed by atoms with Crippen LogP contribution in [0.3, 0.4) is 0 Å². The lowest BCUT2D eigenvalue weighted by Gasteiger charge is -2.24. The maximum atomic E-state index is 12.9. The molecule has 4 aromatic rings. The summed E-state index contributed by atoms with van der Waals surface area (Å²) in [5, 5.41) is 21.4. The van der Waals surface area contributed by atoms with Crippen molar-refractivity contribution in [2.24, 2.45) is 0 Å². The van der Waals surface area contributed by atoms with E-state index in [0.717, 1.165) is 5.56 Å². The van der Waals surface area contributed by atoms with Crippen LogP contribution in [0.15, 0.2) is 70.5 Å². The van der Waals surface area contributed by atoms with Crippen molar-refractivity contribution in [1.29, 1.82) is 0 Å². The summed E-state index contributed by atoms with van der Waals surface area (Å²) in [6.45, 7) is 5.23. The maximum absolute atomic E-state index is 12.9. The molecule has 2 atom stereocenters. The van der Waals surface area contributed by atoms with Gasteiger partial charge in [-0.1, -0.05) is 42.5 Å². The Balaban J connectivity index is 1.32. The minimum absolute atomic E-state index is 0.0450. The molecule has 0 radical (unpaired) electrons. The fourth-order valence-electron chi connectivity index (χ4n) is 4.68. The van der Waals surface area contributed by atoms with E-state index in [9.17, 15) is 19.8 Å². The molecule has 11 nitrogen and oxygen atoms in total. The highest BCUT2D eigenvalue weighted by atomic mass is 16.5. The summed E-state index contributed by atoms with van der Waals surface area (Å²) in [7, 11) is 1.79. The summed E-state index contributed by atoms with van der Waals surface area (Å²) in [4.78, 5) is 31.6. The first-order valence-corrected chi connectivity index (χ1v) is 13.4. The van der Waals surface area contributed by atoms with Crippen LogP contribution in [0.25, 0.3) is 11.2 Å². The molecule has 4 rings (SSSR count). The number of aromatic nitrogens is 4. The molecule has 2 aromatic heterocycles. The quantitative estimate of drug-likeness (QED) is 0.243. The first-order chi connectivity index (χ1) is 19.3. The Morgan fingerprint density at radius 1 is 0.875 bits per heavy atom. The number of fused-ring (bicyclic) bond motifs is 1. The van der Waals surface area contributed by atoms with Crippen LogP contribution >= 0.6 is 0 Å². The van der Waals surface area contributed by atoms with E-state index in [4.69, 9.17) is 9.47 Å². The molecule has 11 heteroatoms. The molecular formula is C29H37N5O6. The second-order valence-electron chi connectivity index (χ2n) is 9.71. The molecule has 0 bridgehead atoms. The first-order valence-electron chi connectivity index (χ1n) is 13.4. The third kappa shape index (κ3) is 6.79. The van der Waals surface area contributed by atoms with Gasteiger partial charge in [-0.25, -0.2) is 9.78 Å². The Hall–Kier alpha value is -3.93. The highest BCUT2D eigenvalue weighted by Crippen LogP contribution is 2.27. The van der Waals surface area contributed by atoms with E-state index in [2.05, 4.69) is 4.98 Å². The van der Waals surface area contributed by atoms with Crippen molar-refractivity contribution >= 4 is 11.2 Å². The second kappa shape index (κ2) is 13.4. The number of aliphatic hydroxyl groups is 2. The van der Waals surface area contributed by atoms with Gasteiger partial charge in [0.25, 0.3) is 5.56 Å². The van der Waals surface area contributed by atoms with Gasteiger partial charge in [0.15, 0.2) is 22.7 Å². The van der Waals surface area contributed by atoms with E-state index in [-0.39, 0.29) is 38.3 Å². The predicted octanol–water partition coefficient (Wildman–Crippen LogP) is 1.71. The second-order valence-corrected chi connectivity index (χ2v) is 9.71. The predicted molar refractivity (Wildman–Crippen MR) is 152 cm³/mol. The molecule has 0 aliphatic heterocycles. The summed E-state index contributed by atoms with van der Waals surface area (Å²) in [5.41, 5.74) is 0.812.